The maximum absolute atomic E-state index is 13.0. The van der Waals surface area contributed by atoms with Gasteiger partial charge >= 0.3 is 0 Å². The second-order valence-corrected chi connectivity index (χ2v) is 9.14. The lowest BCUT2D eigenvalue weighted by molar-refractivity contribution is -0.132. The number of Topliss-reactive ketones (excluding diaryl/α,β-unsaturated/α-hetero) is 1. The minimum absolute atomic E-state index is 0.140. The van der Waals surface area contributed by atoms with E-state index in [9.17, 15) is 9.90 Å². The van der Waals surface area contributed by atoms with Crippen LogP contribution in [0.2, 0.25) is 0 Å². The number of hydrogen-bond acceptors (Lipinski definition) is 4. The van der Waals surface area contributed by atoms with Crippen LogP contribution in [-0.2, 0) is 11.2 Å². The van der Waals surface area contributed by atoms with Crippen LogP contribution in [0.3, 0.4) is 0 Å². The Morgan fingerprint density at radius 1 is 1.09 bits per heavy atom. The van der Waals surface area contributed by atoms with Crippen molar-refractivity contribution in [2.24, 2.45) is 5.92 Å². The number of carbonyl (C=O) groups is 1. The van der Waals surface area contributed by atoms with Crippen molar-refractivity contribution in [1.82, 2.24) is 0 Å². The van der Waals surface area contributed by atoms with E-state index in [1.807, 2.05) is 65.0 Å². The number of aromatic hydroxyl groups is 1. The predicted molar refractivity (Wildman–Crippen MR) is 128 cm³/mol. The average Bonchev–Trinajstić information content (AvgIpc) is 2.81. The van der Waals surface area contributed by atoms with E-state index in [1.165, 1.54) is 0 Å². The molecule has 0 saturated carbocycles. The van der Waals surface area contributed by atoms with E-state index in [-0.39, 0.29) is 18.3 Å². The molecule has 168 valence electrons. The Bertz CT molecular complexity index is 1180. The lowest BCUT2D eigenvalue weighted by Crippen LogP contribution is -2.50. The minimum atomic E-state index is -0.669. The fourth-order valence-electron chi connectivity index (χ4n) is 4.80. The van der Waals surface area contributed by atoms with Crippen molar-refractivity contribution < 1.29 is 19.4 Å². The van der Waals surface area contributed by atoms with E-state index in [0.29, 0.717) is 18.6 Å². The van der Waals surface area contributed by atoms with E-state index in [0.717, 1.165) is 50.9 Å². The van der Waals surface area contributed by atoms with Gasteiger partial charge in [-0.15, -0.1) is 0 Å². The fourth-order valence-corrected chi connectivity index (χ4v) is 4.80. The van der Waals surface area contributed by atoms with Crippen molar-refractivity contribution in [2.75, 3.05) is 6.61 Å². The number of carbonyl (C=O) groups excluding carboxylic acids is 1. The molecular weight excluding hydrogens is 400 g/mol. The summed E-state index contributed by atoms with van der Waals surface area (Å²) in [5, 5.41) is 12.7. The molecule has 1 aliphatic heterocycles. The molecule has 32 heavy (non-hydrogen) atoms. The van der Waals surface area contributed by atoms with Crippen LogP contribution in [0, 0.1) is 26.7 Å². The van der Waals surface area contributed by atoms with Gasteiger partial charge in [-0.2, -0.15) is 0 Å². The third-order valence-electron chi connectivity index (χ3n) is 7.16. The summed E-state index contributed by atoms with van der Waals surface area (Å²) in [5.41, 5.74) is 3.01. The number of benzene rings is 3. The molecule has 0 fully saturated rings. The second-order valence-electron chi connectivity index (χ2n) is 9.14. The SMILES string of the molecule is CCC(=O)C(COc1ccc2ccccc2c1)C1(C)CCc2c(C)c(O)c(C)c(C)c2O1. The van der Waals surface area contributed by atoms with Crippen LogP contribution in [0.15, 0.2) is 42.5 Å². The third-order valence-corrected chi connectivity index (χ3v) is 7.16. The number of phenols is 1. The largest absolute Gasteiger partial charge is 0.507 e. The normalized spacial score (nSPS) is 18.7. The average molecular weight is 433 g/mol. The summed E-state index contributed by atoms with van der Waals surface area (Å²) in [4.78, 5) is 13.0. The van der Waals surface area contributed by atoms with Gasteiger partial charge in [-0.3, -0.25) is 4.79 Å². The fraction of sp³-hybridized carbons (Fsp3) is 0.393. The highest BCUT2D eigenvalue weighted by molar-refractivity contribution is 5.84. The van der Waals surface area contributed by atoms with Crippen molar-refractivity contribution in [2.45, 2.75) is 59.5 Å². The smallest absolute Gasteiger partial charge is 0.143 e. The number of hydrogen-bond donors (Lipinski definition) is 1. The molecule has 4 rings (SSSR count). The van der Waals surface area contributed by atoms with E-state index >= 15 is 0 Å². The molecule has 3 aromatic rings. The summed E-state index contributed by atoms with van der Waals surface area (Å²) in [6, 6.07) is 14.2. The number of phenolic OH excluding ortho intramolecular Hbond substituents is 1. The summed E-state index contributed by atoms with van der Waals surface area (Å²) in [6.07, 6.45) is 1.89. The first-order chi connectivity index (χ1) is 15.2. The van der Waals surface area contributed by atoms with Crippen LogP contribution in [-0.4, -0.2) is 23.1 Å². The van der Waals surface area contributed by atoms with Gasteiger partial charge in [0.2, 0.25) is 0 Å². The first-order valence-corrected chi connectivity index (χ1v) is 11.4. The summed E-state index contributed by atoms with van der Waals surface area (Å²) >= 11 is 0. The molecule has 0 aromatic heterocycles. The summed E-state index contributed by atoms with van der Waals surface area (Å²) in [6.45, 7) is 10.0. The van der Waals surface area contributed by atoms with Gasteiger partial charge in [-0.25, -0.2) is 0 Å². The third kappa shape index (κ3) is 3.83. The molecule has 0 saturated heterocycles. The highest BCUT2D eigenvalue weighted by atomic mass is 16.5. The van der Waals surface area contributed by atoms with Crippen molar-refractivity contribution >= 4 is 16.6 Å². The Morgan fingerprint density at radius 3 is 2.53 bits per heavy atom. The first kappa shape index (κ1) is 22.2. The van der Waals surface area contributed by atoms with Gasteiger partial charge in [0.15, 0.2) is 0 Å². The van der Waals surface area contributed by atoms with Crippen molar-refractivity contribution in [1.29, 1.82) is 0 Å². The number of fused-ring (bicyclic) bond motifs is 2. The standard InChI is InChI=1S/C28H32O4/c1-6-25(29)24(16-31-22-12-11-20-9-7-8-10-21(20)15-22)28(5)14-13-23-19(4)26(30)17(2)18(3)27(23)32-28/h7-12,15,24,30H,6,13-14,16H2,1-5H3. The Kier molecular flexibility index (Phi) is 5.89. The second kappa shape index (κ2) is 8.50. The van der Waals surface area contributed by atoms with E-state index < -0.39 is 5.60 Å². The zero-order valence-corrected chi connectivity index (χ0v) is 19.6. The summed E-state index contributed by atoms with van der Waals surface area (Å²) in [5.74, 6) is 1.66. The van der Waals surface area contributed by atoms with Crippen molar-refractivity contribution in [3.8, 4) is 17.2 Å². The zero-order valence-electron chi connectivity index (χ0n) is 19.6. The number of ketones is 1. The number of rotatable bonds is 6. The Labute approximate surface area is 190 Å². The molecule has 1 aliphatic rings. The molecule has 0 aliphatic carbocycles. The molecule has 0 spiro atoms. The van der Waals surface area contributed by atoms with Gasteiger partial charge in [-0.05, 0) is 80.1 Å². The van der Waals surface area contributed by atoms with Crippen LogP contribution >= 0.6 is 0 Å². The van der Waals surface area contributed by atoms with Crippen LogP contribution in [0.5, 0.6) is 17.2 Å². The molecule has 0 amide bonds. The lowest BCUT2D eigenvalue weighted by atomic mass is 9.78. The molecule has 0 radical (unpaired) electrons. The molecule has 4 heteroatoms. The molecular formula is C28H32O4. The van der Waals surface area contributed by atoms with E-state index in [2.05, 4.69) is 12.1 Å². The van der Waals surface area contributed by atoms with E-state index in [4.69, 9.17) is 9.47 Å². The molecule has 4 nitrogen and oxygen atoms in total. The first-order valence-electron chi connectivity index (χ1n) is 11.4. The summed E-state index contributed by atoms with van der Waals surface area (Å²) in [7, 11) is 0. The summed E-state index contributed by atoms with van der Waals surface area (Å²) < 4.78 is 12.8. The minimum Gasteiger partial charge on any atom is -0.507 e. The number of ether oxygens (including phenoxy) is 2. The van der Waals surface area contributed by atoms with Gasteiger partial charge in [0.1, 0.15) is 35.2 Å². The van der Waals surface area contributed by atoms with Crippen molar-refractivity contribution in [3.63, 3.8) is 0 Å². The van der Waals surface area contributed by atoms with Gasteiger partial charge in [0, 0.05) is 12.0 Å². The highest BCUT2D eigenvalue weighted by Crippen LogP contribution is 2.45. The Hall–Kier alpha value is -3.01. The zero-order chi connectivity index (χ0) is 23.0. The molecule has 1 N–H and O–H groups in total. The maximum Gasteiger partial charge on any atom is 0.143 e. The monoisotopic (exact) mass is 432 g/mol. The maximum atomic E-state index is 13.0. The molecule has 0 bridgehead atoms. The van der Waals surface area contributed by atoms with Crippen LogP contribution in [0.1, 0.15) is 48.9 Å². The predicted octanol–water partition coefficient (Wildman–Crippen LogP) is 6.23. The topological polar surface area (TPSA) is 55.8 Å². The van der Waals surface area contributed by atoms with E-state index in [1.54, 1.807) is 0 Å². The van der Waals surface area contributed by atoms with Gasteiger partial charge in [0.05, 0.1) is 5.92 Å². The van der Waals surface area contributed by atoms with Gasteiger partial charge < -0.3 is 14.6 Å². The molecule has 2 unspecified atom stereocenters. The Balaban J connectivity index is 1.62. The Morgan fingerprint density at radius 2 is 1.81 bits per heavy atom. The lowest BCUT2D eigenvalue weighted by Gasteiger charge is -2.42. The van der Waals surface area contributed by atoms with Crippen molar-refractivity contribution in [3.05, 3.63) is 64.7 Å². The van der Waals surface area contributed by atoms with Gasteiger partial charge in [-0.1, -0.05) is 37.3 Å². The van der Waals surface area contributed by atoms with Gasteiger partial charge in [0.25, 0.3) is 0 Å². The van der Waals surface area contributed by atoms with Crippen LogP contribution < -0.4 is 9.47 Å². The quantitative estimate of drug-likeness (QED) is 0.502. The molecule has 2 atom stereocenters. The molecule has 3 aromatic carbocycles. The molecule has 1 heterocycles. The van der Waals surface area contributed by atoms with Crippen LogP contribution in [0.4, 0.5) is 0 Å². The van der Waals surface area contributed by atoms with Crippen LogP contribution in [0.25, 0.3) is 10.8 Å². The highest BCUT2D eigenvalue weighted by Gasteiger charge is 2.44.